The van der Waals surface area contributed by atoms with E-state index in [0.717, 1.165) is 12.1 Å². The average molecular weight is 160 g/mol. The molecule has 2 nitrogen and oxygen atoms in total. The Kier molecular flexibility index (Phi) is 2.44. The third-order valence-electron chi connectivity index (χ3n) is 2.02. The normalized spacial score (nSPS) is 9.50. The monoisotopic (exact) mass is 160 g/mol. The number of hydrogen-bond donors (Lipinski definition) is 0. The van der Waals surface area contributed by atoms with E-state index in [2.05, 4.69) is 11.9 Å². The predicted molar refractivity (Wildman–Crippen MR) is 47.8 cm³/mol. The molecule has 0 aliphatic heterocycles. The second-order valence-electron chi connectivity index (χ2n) is 2.85. The molecule has 0 saturated carbocycles. The van der Waals surface area contributed by atoms with Crippen LogP contribution in [0.25, 0.3) is 0 Å². The third-order valence-corrected chi connectivity index (χ3v) is 2.02. The Morgan fingerprint density at radius 2 is 2.17 bits per heavy atom. The first-order valence-electron chi connectivity index (χ1n) is 4.06. The zero-order valence-electron chi connectivity index (χ0n) is 7.68. The molecule has 0 saturated heterocycles. The summed E-state index contributed by atoms with van der Waals surface area (Å²) in [6, 6.07) is 3.89. The average Bonchev–Trinajstić information content (AvgIpc) is 2.03. The van der Waals surface area contributed by atoms with Gasteiger partial charge in [-0.2, -0.15) is 5.26 Å². The number of nitrogens with zero attached hydrogens (tertiary/aromatic N) is 2. The van der Waals surface area contributed by atoms with Crippen molar-refractivity contribution in [3.63, 3.8) is 0 Å². The van der Waals surface area contributed by atoms with Crippen LogP contribution in [-0.4, -0.2) is 4.98 Å². The summed E-state index contributed by atoms with van der Waals surface area (Å²) < 4.78 is 0. The highest BCUT2D eigenvalue weighted by atomic mass is 14.7. The molecule has 1 heterocycles. The number of rotatable bonds is 1. The molecule has 1 aromatic rings. The second-order valence-corrected chi connectivity index (χ2v) is 2.85. The maximum absolute atomic E-state index is 8.64. The number of aromatic nitrogens is 1. The van der Waals surface area contributed by atoms with Gasteiger partial charge in [-0.05, 0) is 37.5 Å². The molecule has 0 atom stereocenters. The Morgan fingerprint density at radius 3 is 2.58 bits per heavy atom. The Balaban J connectivity index is 3.30. The van der Waals surface area contributed by atoms with Crippen LogP contribution in [0.2, 0.25) is 0 Å². The highest BCUT2D eigenvalue weighted by molar-refractivity contribution is 5.35. The first-order valence-corrected chi connectivity index (χ1v) is 4.06. The van der Waals surface area contributed by atoms with E-state index < -0.39 is 0 Å². The molecule has 1 aromatic heterocycles. The SMILES string of the molecule is CCc1c(C)cc(C#N)nc1C. The smallest absolute Gasteiger partial charge is 0.141 e. The molecule has 0 fully saturated rings. The van der Waals surface area contributed by atoms with Crippen molar-refractivity contribution in [3.8, 4) is 6.07 Å². The first kappa shape index (κ1) is 8.73. The largest absolute Gasteiger partial charge is 0.242 e. The summed E-state index contributed by atoms with van der Waals surface area (Å²) in [6.45, 7) is 6.07. The van der Waals surface area contributed by atoms with Crippen LogP contribution in [0.15, 0.2) is 6.07 Å². The Bertz CT molecular complexity index is 311. The van der Waals surface area contributed by atoms with Crippen molar-refractivity contribution in [3.05, 3.63) is 28.6 Å². The van der Waals surface area contributed by atoms with Gasteiger partial charge in [0.2, 0.25) is 0 Å². The van der Waals surface area contributed by atoms with Crippen molar-refractivity contribution in [2.75, 3.05) is 0 Å². The standard InChI is InChI=1S/C10H12N2/c1-4-10-7(2)5-9(6-11)12-8(10)3/h5H,4H2,1-3H3. The zero-order chi connectivity index (χ0) is 9.14. The molecule has 0 aliphatic rings. The molecule has 12 heavy (non-hydrogen) atoms. The summed E-state index contributed by atoms with van der Waals surface area (Å²) in [6.07, 6.45) is 0.983. The Morgan fingerprint density at radius 1 is 1.50 bits per heavy atom. The van der Waals surface area contributed by atoms with Gasteiger partial charge in [-0.1, -0.05) is 6.92 Å². The zero-order valence-corrected chi connectivity index (χ0v) is 7.68. The van der Waals surface area contributed by atoms with Crippen molar-refractivity contribution in [2.24, 2.45) is 0 Å². The molecule has 0 amide bonds. The summed E-state index contributed by atoms with van der Waals surface area (Å²) in [5.74, 6) is 0. The fourth-order valence-electron chi connectivity index (χ4n) is 1.45. The van der Waals surface area contributed by atoms with E-state index in [0.29, 0.717) is 5.69 Å². The minimum Gasteiger partial charge on any atom is -0.242 e. The van der Waals surface area contributed by atoms with Crippen LogP contribution in [-0.2, 0) is 6.42 Å². The van der Waals surface area contributed by atoms with E-state index in [4.69, 9.17) is 5.26 Å². The van der Waals surface area contributed by atoms with Gasteiger partial charge in [-0.25, -0.2) is 4.98 Å². The molecule has 0 bridgehead atoms. The van der Waals surface area contributed by atoms with E-state index in [1.165, 1.54) is 11.1 Å². The lowest BCUT2D eigenvalue weighted by Crippen LogP contribution is -1.97. The van der Waals surface area contributed by atoms with Gasteiger partial charge >= 0.3 is 0 Å². The first-order chi connectivity index (χ1) is 5.69. The van der Waals surface area contributed by atoms with Crippen LogP contribution < -0.4 is 0 Å². The van der Waals surface area contributed by atoms with Crippen molar-refractivity contribution in [1.82, 2.24) is 4.98 Å². The predicted octanol–water partition coefficient (Wildman–Crippen LogP) is 2.13. The van der Waals surface area contributed by atoms with Crippen LogP contribution in [0.5, 0.6) is 0 Å². The highest BCUT2D eigenvalue weighted by Crippen LogP contribution is 2.13. The van der Waals surface area contributed by atoms with Gasteiger partial charge in [0.05, 0.1) is 0 Å². The molecule has 0 radical (unpaired) electrons. The number of aryl methyl sites for hydroxylation is 2. The van der Waals surface area contributed by atoms with Crippen LogP contribution >= 0.6 is 0 Å². The lowest BCUT2D eigenvalue weighted by molar-refractivity contribution is 1.01. The van der Waals surface area contributed by atoms with E-state index in [9.17, 15) is 0 Å². The summed E-state index contributed by atoms with van der Waals surface area (Å²) in [5.41, 5.74) is 3.92. The number of pyridine rings is 1. The number of nitriles is 1. The van der Waals surface area contributed by atoms with Gasteiger partial charge in [-0.15, -0.1) is 0 Å². The fourth-order valence-corrected chi connectivity index (χ4v) is 1.45. The fraction of sp³-hybridized carbons (Fsp3) is 0.400. The van der Waals surface area contributed by atoms with Crippen LogP contribution in [0, 0.1) is 25.2 Å². The van der Waals surface area contributed by atoms with Crippen molar-refractivity contribution in [2.45, 2.75) is 27.2 Å². The molecular weight excluding hydrogens is 148 g/mol. The van der Waals surface area contributed by atoms with Gasteiger partial charge in [0.1, 0.15) is 11.8 Å². The minimum absolute atomic E-state index is 0.516. The van der Waals surface area contributed by atoms with E-state index >= 15 is 0 Å². The van der Waals surface area contributed by atoms with Crippen molar-refractivity contribution in [1.29, 1.82) is 5.26 Å². The quantitative estimate of drug-likeness (QED) is 0.631. The molecule has 0 unspecified atom stereocenters. The van der Waals surface area contributed by atoms with Crippen LogP contribution in [0.3, 0.4) is 0 Å². The molecule has 62 valence electrons. The van der Waals surface area contributed by atoms with Crippen molar-refractivity contribution >= 4 is 0 Å². The van der Waals surface area contributed by atoms with Gasteiger partial charge in [0.15, 0.2) is 0 Å². The van der Waals surface area contributed by atoms with E-state index in [-0.39, 0.29) is 0 Å². The second kappa shape index (κ2) is 3.36. The maximum Gasteiger partial charge on any atom is 0.141 e. The van der Waals surface area contributed by atoms with E-state index in [1.54, 1.807) is 0 Å². The Labute approximate surface area is 72.9 Å². The topological polar surface area (TPSA) is 36.7 Å². The molecular formula is C10H12N2. The maximum atomic E-state index is 8.64. The third kappa shape index (κ3) is 1.45. The summed E-state index contributed by atoms with van der Waals surface area (Å²) in [5, 5.41) is 8.64. The summed E-state index contributed by atoms with van der Waals surface area (Å²) in [7, 11) is 0. The van der Waals surface area contributed by atoms with Crippen LogP contribution in [0.1, 0.15) is 29.4 Å². The van der Waals surface area contributed by atoms with Gasteiger partial charge in [0.25, 0.3) is 0 Å². The molecule has 1 rings (SSSR count). The number of hydrogen-bond acceptors (Lipinski definition) is 2. The summed E-state index contributed by atoms with van der Waals surface area (Å²) in [4.78, 5) is 4.16. The lowest BCUT2D eigenvalue weighted by Gasteiger charge is -2.05. The van der Waals surface area contributed by atoms with Crippen LogP contribution in [0.4, 0.5) is 0 Å². The molecule has 0 aromatic carbocycles. The lowest BCUT2D eigenvalue weighted by atomic mass is 10.0. The van der Waals surface area contributed by atoms with Gasteiger partial charge < -0.3 is 0 Å². The Hall–Kier alpha value is -1.36. The molecule has 0 aliphatic carbocycles. The van der Waals surface area contributed by atoms with Gasteiger partial charge in [0, 0.05) is 5.69 Å². The summed E-state index contributed by atoms with van der Waals surface area (Å²) >= 11 is 0. The molecule has 0 N–H and O–H groups in total. The van der Waals surface area contributed by atoms with Crippen molar-refractivity contribution < 1.29 is 0 Å². The molecule has 0 spiro atoms. The van der Waals surface area contributed by atoms with Gasteiger partial charge in [-0.3, -0.25) is 0 Å². The molecule has 2 heteroatoms. The minimum atomic E-state index is 0.516. The van der Waals surface area contributed by atoms with E-state index in [1.807, 2.05) is 26.0 Å². The highest BCUT2D eigenvalue weighted by Gasteiger charge is 2.03.